The molecular formula is C13H9BrN2O3S. The molecule has 0 spiro atoms. The highest BCUT2D eigenvalue weighted by Crippen LogP contribution is 2.21. The van der Waals surface area contributed by atoms with Crippen molar-refractivity contribution in [2.75, 3.05) is 5.32 Å². The van der Waals surface area contributed by atoms with Crippen LogP contribution in [-0.2, 0) is 4.79 Å². The summed E-state index contributed by atoms with van der Waals surface area (Å²) in [5, 5.41) is 15.1. The standard InChI is InChI=1S/C13H9BrN2O3S/c14-9-6-12(20-8-9)4-5-13(17)15-10-2-1-3-11(7-10)16(18)19/h1-8H,(H,15,17). The molecule has 0 saturated heterocycles. The van der Waals surface area contributed by atoms with Crippen LogP contribution in [0.25, 0.3) is 6.08 Å². The Hall–Kier alpha value is -1.99. The van der Waals surface area contributed by atoms with Gasteiger partial charge in [-0.1, -0.05) is 6.07 Å². The van der Waals surface area contributed by atoms with Crippen molar-refractivity contribution in [2.45, 2.75) is 0 Å². The van der Waals surface area contributed by atoms with Crippen molar-refractivity contribution >= 4 is 50.6 Å². The Morgan fingerprint density at radius 1 is 1.40 bits per heavy atom. The maximum atomic E-state index is 11.7. The van der Waals surface area contributed by atoms with Crippen molar-refractivity contribution < 1.29 is 9.72 Å². The third kappa shape index (κ3) is 4.01. The maximum absolute atomic E-state index is 11.7. The molecule has 102 valence electrons. The lowest BCUT2D eigenvalue weighted by Gasteiger charge is -2.01. The zero-order valence-electron chi connectivity index (χ0n) is 10.1. The zero-order chi connectivity index (χ0) is 14.5. The molecule has 1 aromatic heterocycles. The highest BCUT2D eigenvalue weighted by atomic mass is 79.9. The Morgan fingerprint density at radius 2 is 2.20 bits per heavy atom. The number of hydrogen-bond acceptors (Lipinski definition) is 4. The summed E-state index contributed by atoms with van der Waals surface area (Å²) in [4.78, 5) is 22.8. The average molecular weight is 353 g/mol. The molecule has 0 saturated carbocycles. The van der Waals surface area contributed by atoms with Gasteiger partial charge >= 0.3 is 0 Å². The third-order valence-electron chi connectivity index (χ3n) is 2.31. The van der Waals surface area contributed by atoms with Gasteiger partial charge in [-0.3, -0.25) is 14.9 Å². The largest absolute Gasteiger partial charge is 0.322 e. The zero-order valence-corrected chi connectivity index (χ0v) is 12.5. The second-order valence-electron chi connectivity index (χ2n) is 3.80. The first-order valence-electron chi connectivity index (χ1n) is 5.52. The van der Waals surface area contributed by atoms with E-state index in [2.05, 4.69) is 21.2 Å². The molecular weight excluding hydrogens is 344 g/mol. The molecule has 0 bridgehead atoms. The minimum absolute atomic E-state index is 0.0611. The number of nitrogens with zero attached hydrogens (tertiary/aromatic N) is 1. The number of halogens is 1. The van der Waals surface area contributed by atoms with Gasteiger partial charge in [-0.25, -0.2) is 0 Å². The number of amides is 1. The van der Waals surface area contributed by atoms with Crippen LogP contribution in [0.5, 0.6) is 0 Å². The summed E-state index contributed by atoms with van der Waals surface area (Å²) in [6.07, 6.45) is 3.07. The molecule has 0 aliphatic rings. The minimum Gasteiger partial charge on any atom is -0.322 e. The van der Waals surface area contributed by atoms with Crippen LogP contribution in [0, 0.1) is 10.1 Å². The second kappa shape index (κ2) is 6.44. The van der Waals surface area contributed by atoms with E-state index in [1.165, 1.54) is 35.6 Å². The van der Waals surface area contributed by atoms with E-state index in [0.717, 1.165) is 9.35 Å². The Balaban J connectivity index is 2.02. The van der Waals surface area contributed by atoms with Crippen LogP contribution in [0.1, 0.15) is 4.88 Å². The lowest BCUT2D eigenvalue weighted by Crippen LogP contribution is -2.07. The first kappa shape index (κ1) is 14.4. The molecule has 0 atom stereocenters. The molecule has 1 amide bonds. The molecule has 0 aliphatic carbocycles. The summed E-state index contributed by atoms with van der Waals surface area (Å²) in [5.41, 5.74) is 0.329. The number of thiophene rings is 1. The molecule has 2 aromatic rings. The molecule has 1 aromatic carbocycles. The van der Waals surface area contributed by atoms with Gasteiger partial charge in [-0.15, -0.1) is 11.3 Å². The molecule has 7 heteroatoms. The van der Waals surface area contributed by atoms with E-state index in [1.54, 1.807) is 12.1 Å². The monoisotopic (exact) mass is 352 g/mol. The van der Waals surface area contributed by atoms with Crippen LogP contribution in [0.3, 0.4) is 0 Å². The smallest absolute Gasteiger partial charge is 0.271 e. The van der Waals surface area contributed by atoms with Crippen LogP contribution in [0.15, 0.2) is 46.3 Å². The van der Waals surface area contributed by atoms with Gasteiger partial charge in [0.15, 0.2) is 0 Å². The van der Waals surface area contributed by atoms with Gasteiger partial charge in [-0.2, -0.15) is 0 Å². The fourth-order valence-electron chi connectivity index (χ4n) is 1.45. The average Bonchev–Trinajstić information content (AvgIpc) is 2.82. The van der Waals surface area contributed by atoms with E-state index >= 15 is 0 Å². The Labute approximate surface area is 127 Å². The summed E-state index contributed by atoms with van der Waals surface area (Å²) in [6.45, 7) is 0. The summed E-state index contributed by atoms with van der Waals surface area (Å²) in [5.74, 6) is -0.338. The van der Waals surface area contributed by atoms with Crippen LogP contribution in [0.4, 0.5) is 11.4 Å². The minimum atomic E-state index is -0.505. The van der Waals surface area contributed by atoms with Crippen molar-refractivity contribution in [1.82, 2.24) is 0 Å². The summed E-state index contributed by atoms with van der Waals surface area (Å²) < 4.78 is 0.959. The van der Waals surface area contributed by atoms with Crippen LogP contribution < -0.4 is 5.32 Å². The predicted octanol–water partition coefficient (Wildman–Crippen LogP) is 4.07. The van der Waals surface area contributed by atoms with E-state index in [0.29, 0.717) is 5.69 Å². The van der Waals surface area contributed by atoms with Crippen molar-refractivity contribution in [3.8, 4) is 0 Å². The number of carbonyl (C=O) groups excluding carboxylic acids is 1. The fraction of sp³-hybridized carbons (Fsp3) is 0. The van der Waals surface area contributed by atoms with Crippen molar-refractivity contribution in [2.24, 2.45) is 0 Å². The second-order valence-corrected chi connectivity index (χ2v) is 5.66. The number of nitrogens with one attached hydrogen (secondary N) is 1. The number of anilines is 1. The number of nitro groups is 1. The third-order valence-corrected chi connectivity index (χ3v) is 3.97. The topological polar surface area (TPSA) is 72.2 Å². The van der Waals surface area contributed by atoms with E-state index in [1.807, 2.05) is 11.4 Å². The number of carbonyl (C=O) groups is 1. The van der Waals surface area contributed by atoms with E-state index in [9.17, 15) is 14.9 Å². The van der Waals surface area contributed by atoms with Crippen LogP contribution >= 0.6 is 27.3 Å². The molecule has 1 heterocycles. The summed E-state index contributed by atoms with van der Waals surface area (Å²) in [7, 11) is 0. The number of rotatable bonds is 4. The molecule has 0 unspecified atom stereocenters. The van der Waals surface area contributed by atoms with Crippen molar-refractivity contribution in [3.63, 3.8) is 0 Å². The summed E-state index contributed by atoms with van der Waals surface area (Å²) >= 11 is 4.83. The van der Waals surface area contributed by atoms with Gasteiger partial charge in [0.2, 0.25) is 5.91 Å². The Bertz CT molecular complexity index is 682. The number of non-ortho nitro benzene ring substituents is 1. The molecule has 1 N–H and O–H groups in total. The fourth-order valence-corrected chi connectivity index (χ4v) is 2.79. The number of hydrogen-bond donors (Lipinski definition) is 1. The first-order chi connectivity index (χ1) is 9.54. The number of benzene rings is 1. The number of nitro benzene ring substituents is 1. The molecule has 20 heavy (non-hydrogen) atoms. The van der Waals surface area contributed by atoms with Gasteiger partial charge in [0.1, 0.15) is 0 Å². The molecule has 0 aliphatic heterocycles. The lowest BCUT2D eigenvalue weighted by atomic mass is 10.3. The first-order valence-corrected chi connectivity index (χ1v) is 7.19. The van der Waals surface area contributed by atoms with Gasteiger partial charge in [0.05, 0.1) is 4.92 Å². The van der Waals surface area contributed by atoms with Crippen molar-refractivity contribution in [1.29, 1.82) is 0 Å². The van der Waals surface area contributed by atoms with Gasteiger partial charge in [0, 0.05) is 38.6 Å². The Kier molecular flexibility index (Phi) is 4.65. The predicted molar refractivity (Wildman–Crippen MR) is 82.8 cm³/mol. The Morgan fingerprint density at radius 3 is 2.85 bits per heavy atom. The SMILES string of the molecule is O=C(C=Cc1cc(Br)cs1)Nc1cccc([N+](=O)[O-])c1. The van der Waals surface area contributed by atoms with E-state index < -0.39 is 4.92 Å². The van der Waals surface area contributed by atoms with Gasteiger partial charge < -0.3 is 5.32 Å². The highest BCUT2D eigenvalue weighted by molar-refractivity contribution is 9.10. The lowest BCUT2D eigenvalue weighted by molar-refractivity contribution is -0.384. The van der Waals surface area contributed by atoms with Crippen molar-refractivity contribution in [3.05, 3.63) is 61.3 Å². The summed E-state index contributed by atoms with van der Waals surface area (Å²) in [6, 6.07) is 7.69. The quantitative estimate of drug-likeness (QED) is 0.512. The highest BCUT2D eigenvalue weighted by Gasteiger charge is 2.06. The molecule has 0 fully saturated rings. The molecule has 2 rings (SSSR count). The normalized spacial score (nSPS) is 10.7. The van der Waals surface area contributed by atoms with Crippen LogP contribution in [0.2, 0.25) is 0 Å². The van der Waals surface area contributed by atoms with E-state index in [-0.39, 0.29) is 11.6 Å². The van der Waals surface area contributed by atoms with E-state index in [4.69, 9.17) is 0 Å². The van der Waals surface area contributed by atoms with Gasteiger partial charge in [0.25, 0.3) is 5.69 Å². The maximum Gasteiger partial charge on any atom is 0.271 e. The molecule has 5 nitrogen and oxygen atoms in total. The molecule has 0 radical (unpaired) electrons. The van der Waals surface area contributed by atoms with Crippen LogP contribution in [-0.4, -0.2) is 10.8 Å². The van der Waals surface area contributed by atoms with Gasteiger partial charge in [-0.05, 0) is 34.1 Å².